The zero-order chi connectivity index (χ0) is 13.1. The lowest BCUT2D eigenvalue weighted by Crippen LogP contribution is -1.96. The minimum atomic E-state index is -0.529. The van der Waals surface area contributed by atoms with Crippen LogP contribution in [0.15, 0.2) is 30.6 Å². The second kappa shape index (κ2) is 4.97. The van der Waals surface area contributed by atoms with Crippen molar-refractivity contribution < 1.29 is 9.66 Å². The maximum Gasteiger partial charge on any atom is 0.311 e. The number of nitrogens with zero attached hydrogens (tertiary/aromatic N) is 3. The Hall–Kier alpha value is -2.21. The van der Waals surface area contributed by atoms with Gasteiger partial charge >= 0.3 is 5.69 Å². The van der Waals surface area contributed by atoms with Crippen LogP contribution in [-0.2, 0) is 0 Å². The molecule has 92 valence electrons. The highest BCUT2D eigenvalue weighted by atomic mass is 35.5. The van der Waals surface area contributed by atoms with Gasteiger partial charge in [-0.25, -0.2) is 9.97 Å². The first-order chi connectivity index (χ1) is 8.58. The maximum absolute atomic E-state index is 10.9. The second-order valence-corrected chi connectivity index (χ2v) is 3.84. The molecule has 1 aromatic heterocycles. The highest BCUT2D eigenvalue weighted by Crippen LogP contribution is 2.33. The number of benzene rings is 1. The van der Waals surface area contributed by atoms with Crippen LogP contribution in [0.5, 0.6) is 11.6 Å². The Labute approximate surface area is 107 Å². The third-order valence-electron chi connectivity index (χ3n) is 2.14. The van der Waals surface area contributed by atoms with Gasteiger partial charge in [0, 0.05) is 18.5 Å². The van der Waals surface area contributed by atoms with Crippen LogP contribution >= 0.6 is 11.6 Å². The van der Waals surface area contributed by atoms with Crippen LogP contribution in [0.3, 0.4) is 0 Å². The first kappa shape index (κ1) is 12.3. The molecule has 0 saturated carbocycles. The average Bonchev–Trinajstić information content (AvgIpc) is 2.32. The number of aromatic nitrogens is 2. The molecule has 6 nitrogen and oxygen atoms in total. The fourth-order valence-corrected chi connectivity index (χ4v) is 1.48. The minimum absolute atomic E-state index is 0.0351. The first-order valence-electron chi connectivity index (χ1n) is 4.97. The number of aryl methyl sites for hydroxylation is 1. The van der Waals surface area contributed by atoms with E-state index in [9.17, 15) is 10.1 Å². The molecule has 0 fully saturated rings. The molecule has 18 heavy (non-hydrogen) atoms. The van der Waals surface area contributed by atoms with Crippen LogP contribution in [0.4, 0.5) is 5.69 Å². The molecule has 0 aliphatic rings. The van der Waals surface area contributed by atoms with E-state index < -0.39 is 4.92 Å². The lowest BCUT2D eigenvalue weighted by atomic mass is 10.2. The fraction of sp³-hybridized carbons (Fsp3) is 0.0909. The Kier molecular flexibility index (Phi) is 3.38. The Morgan fingerprint density at radius 1 is 1.33 bits per heavy atom. The van der Waals surface area contributed by atoms with Crippen molar-refractivity contribution in [2.45, 2.75) is 6.92 Å². The van der Waals surface area contributed by atoms with E-state index in [1.54, 1.807) is 19.1 Å². The van der Waals surface area contributed by atoms with Gasteiger partial charge in [-0.3, -0.25) is 10.1 Å². The summed E-state index contributed by atoms with van der Waals surface area (Å²) < 4.78 is 5.34. The van der Waals surface area contributed by atoms with Gasteiger partial charge in [-0.05, 0) is 18.6 Å². The van der Waals surface area contributed by atoms with Crippen molar-refractivity contribution in [3.63, 3.8) is 0 Å². The molecule has 0 saturated heterocycles. The van der Waals surface area contributed by atoms with E-state index >= 15 is 0 Å². The van der Waals surface area contributed by atoms with E-state index in [1.807, 2.05) is 0 Å². The highest BCUT2D eigenvalue weighted by Gasteiger charge is 2.17. The van der Waals surface area contributed by atoms with Crippen LogP contribution < -0.4 is 4.74 Å². The number of nitro groups is 1. The number of rotatable bonds is 3. The summed E-state index contributed by atoms with van der Waals surface area (Å²) in [4.78, 5) is 18.0. The molecule has 0 bridgehead atoms. The molecule has 0 spiro atoms. The quantitative estimate of drug-likeness (QED) is 0.629. The maximum atomic E-state index is 10.9. The summed E-state index contributed by atoms with van der Waals surface area (Å²) in [5, 5.41) is 10.9. The topological polar surface area (TPSA) is 78.2 Å². The SMILES string of the molecule is Cc1ccc([N+](=O)[O-])c(Oc2nccnc2Cl)c1. The Balaban J connectivity index is 2.42. The summed E-state index contributed by atoms with van der Waals surface area (Å²) in [5.41, 5.74) is 0.679. The largest absolute Gasteiger partial charge is 0.429 e. The van der Waals surface area contributed by atoms with Gasteiger partial charge in [0.2, 0.25) is 5.75 Å². The Morgan fingerprint density at radius 2 is 2.06 bits per heavy atom. The molecule has 2 aromatic rings. The monoisotopic (exact) mass is 265 g/mol. The summed E-state index contributed by atoms with van der Waals surface area (Å²) in [5.74, 6) is 0.121. The van der Waals surface area contributed by atoms with Gasteiger partial charge in [-0.15, -0.1) is 0 Å². The zero-order valence-corrected chi connectivity index (χ0v) is 10.1. The predicted octanol–water partition coefficient (Wildman–Crippen LogP) is 3.14. The third kappa shape index (κ3) is 2.54. The van der Waals surface area contributed by atoms with Crippen molar-refractivity contribution in [1.29, 1.82) is 0 Å². The predicted molar refractivity (Wildman–Crippen MR) is 64.9 cm³/mol. The third-order valence-corrected chi connectivity index (χ3v) is 2.40. The van der Waals surface area contributed by atoms with E-state index in [0.29, 0.717) is 0 Å². The fourth-order valence-electron chi connectivity index (χ4n) is 1.33. The van der Waals surface area contributed by atoms with Gasteiger partial charge in [0.15, 0.2) is 5.15 Å². The zero-order valence-electron chi connectivity index (χ0n) is 9.33. The molecule has 1 aromatic carbocycles. The van der Waals surface area contributed by atoms with Crippen LogP contribution in [0, 0.1) is 17.0 Å². The smallest absolute Gasteiger partial charge is 0.311 e. The molecule has 7 heteroatoms. The Bertz CT molecular complexity index is 604. The van der Waals surface area contributed by atoms with E-state index in [4.69, 9.17) is 16.3 Å². The molecule has 0 amide bonds. The van der Waals surface area contributed by atoms with Crippen LogP contribution in [0.25, 0.3) is 0 Å². The van der Waals surface area contributed by atoms with Gasteiger partial charge < -0.3 is 4.74 Å². The Morgan fingerprint density at radius 3 is 2.72 bits per heavy atom. The number of halogens is 1. The van der Waals surface area contributed by atoms with Crippen LogP contribution in [-0.4, -0.2) is 14.9 Å². The highest BCUT2D eigenvalue weighted by molar-refractivity contribution is 6.30. The van der Waals surface area contributed by atoms with Crippen molar-refractivity contribution in [3.05, 3.63) is 51.4 Å². The van der Waals surface area contributed by atoms with Crippen molar-refractivity contribution in [3.8, 4) is 11.6 Å². The number of hydrogen-bond donors (Lipinski definition) is 0. The lowest BCUT2D eigenvalue weighted by Gasteiger charge is -2.06. The van der Waals surface area contributed by atoms with Gasteiger partial charge in [0.05, 0.1) is 4.92 Å². The molecule has 0 radical (unpaired) electrons. The molecule has 2 rings (SSSR count). The summed E-state index contributed by atoms with van der Waals surface area (Å²) in [6.45, 7) is 1.80. The molecule has 0 aliphatic heterocycles. The minimum Gasteiger partial charge on any atom is -0.429 e. The van der Waals surface area contributed by atoms with Crippen molar-refractivity contribution in [2.75, 3.05) is 0 Å². The molecule has 1 heterocycles. The van der Waals surface area contributed by atoms with E-state index in [0.717, 1.165) is 5.56 Å². The van der Waals surface area contributed by atoms with Crippen molar-refractivity contribution >= 4 is 17.3 Å². The van der Waals surface area contributed by atoms with E-state index in [-0.39, 0.29) is 22.5 Å². The number of ether oxygens (including phenoxy) is 1. The molecule has 0 aliphatic carbocycles. The average molecular weight is 266 g/mol. The second-order valence-electron chi connectivity index (χ2n) is 3.48. The van der Waals surface area contributed by atoms with Gasteiger partial charge in [-0.1, -0.05) is 17.7 Å². The van der Waals surface area contributed by atoms with Gasteiger partial charge in [0.25, 0.3) is 5.88 Å². The molecular formula is C11H8ClN3O3. The van der Waals surface area contributed by atoms with Crippen LogP contribution in [0.1, 0.15) is 5.56 Å². The van der Waals surface area contributed by atoms with Gasteiger partial charge in [-0.2, -0.15) is 0 Å². The van der Waals surface area contributed by atoms with Crippen molar-refractivity contribution in [2.24, 2.45) is 0 Å². The van der Waals surface area contributed by atoms with E-state index in [1.165, 1.54) is 18.5 Å². The molecule has 0 atom stereocenters. The normalized spacial score (nSPS) is 10.1. The molecule has 0 N–H and O–H groups in total. The van der Waals surface area contributed by atoms with Crippen molar-refractivity contribution in [1.82, 2.24) is 9.97 Å². The summed E-state index contributed by atoms with van der Waals surface area (Å²) in [6.07, 6.45) is 2.79. The summed E-state index contributed by atoms with van der Waals surface area (Å²) in [6, 6.07) is 4.54. The molecule has 0 unspecified atom stereocenters. The summed E-state index contributed by atoms with van der Waals surface area (Å²) >= 11 is 5.78. The standard InChI is InChI=1S/C11H8ClN3O3/c1-7-2-3-8(15(16)17)9(6-7)18-11-10(12)13-4-5-14-11/h2-6H,1H3. The molecular weight excluding hydrogens is 258 g/mol. The van der Waals surface area contributed by atoms with Gasteiger partial charge in [0.1, 0.15) is 0 Å². The van der Waals surface area contributed by atoms with Crippen LogP contribution in [0.2, 0.25) is 5.15 Å². The number of nitro benzene ring substituents is 1. The number of hydrogen-bond acceptors (Lipinski definition) is 5. The first-order valence-corrected chi connectivity index (χ1v) is 5.35. The van der Waals surface area contributed by atoms with E-state index in [2.05, 4.69) is 9.97 Å². The summed E-state index contributed by atoms with van der Waals surface area (Å²) in [7, 11) is 0. The lowest BCUT2D eigenvalue weighted by molar-refractivity contribution is -0.385.